The van der Waals surface area contributed by atoms with E-state index in [0.29, 0.717) is 5.75 Å². The Hall–Kier alpha value is -2.29. The monoisotopic (exact) mass is 452 g/mol. The molecule has 2 aromatic carbocycles. The zero-order valence-corrected chi connectivity index (χ0v) is 18.7. The number of nitrogens with zero attached hydrogens (tertiary/aromatic N) is 1. The van der Waals surface area contributed by atoms with Gasteiger partial charge in [-0.1, -0.05) is 17.7 Å². The predicted molar refractivity (Wildman–Crippen MR) is 116 cm³/mol. The maximum atomic E-state index is 12.7. The number of benzene rings is 2. The first-order valence-corrected chi connectivity index (χ1v) is 11.8. The molecule has 7 nitrogen and oxygen atoms in total. The van der Waals surface area contributed by atoms with E-state index in [2.05, 4.69) is 10.2 Å². The fourth-order valence-electron chi connectivity index (χ4n) is 3.67. The second-order valence-corrected chi connectivity index (χ2v) is 9.62. The third kappa shape index (κ3) is 5.06. The number of hydrogen-bond donors (Lipinski definition) is 1. The van der Waals surface area contributed by atoms with Gasteiger partial charge in [0.2, 0.25) is 5.91 Å². The van der Waals surface area contributed by atoms with Gasteiger partial charge in [0.25, 0.3) is 0 Å². The molecular weight excluding hydrogens is 428 g/mol. The minimum absolute atomic E-state index is 0.0365. The molecule has 3 rings (SSSR count). The van der Waals surface area contributed by atoms with Crippen molar-refractivity contribution in [3.63, 3.8) is 0 Å². The van der Waals surface area contributed by atoms with Crippen LogP contribution in [-0.4, -0.2) is 52.8 Å². The highest BCUT2D eigenvalue weighted by Gasteiger charge is 2.30. The molecule has 9 heteroatoms. The van der Waals surface area contributed by atoms with Gasteiger partial charge < -0.3 is 14.8 Å². The fraction of sp³-hybridized carbons (Fsp3) is 0.381. The molecule has 0 aliphatic carbocycles. The van der Waals surface area contributed by atoms with Crippen molar-refractivity contribution in [1.29, 1.82) is 0 Å². The van der Waals surface area contributed by atoms with Crippen LogP contribution in [0, 0.1) is 0 Å². The van der Waals surface area contributed by atoms with Crippen LogP contribution in [0.15, 0.2) is 41.3 Å². The van der Waals surface area contributed by atoms with Crippen molar-refractivity contribution in [2.24, 2.45) is 0 Å². The van der Waals surface area contributed by atoms with Crippen LogP contribution in [0.1, 0.15) is 24.4 Å². The Bertz CT molecular complexity index is 1040. The van der Waals surface area contributed by atoms with Crippen LogP contribution in [0.3, 0.4) is 0 Å². The predicted octanol–water partition coefficient (Wildman–Crippen LogP) is 3.54. The second-order valence-electron chi connectivity index (χ2n) is 7.20. The molecule has 30 heavy (non-hydrogen) atoms. The van der Waals surface area contributed by atoms with Crippen molar-refractivity contribution in [2.75, 3.05) is 38.9 Å². The quantitative estimate of drug-likeness (QED) is 0.691. The number of nitrogens with one attached hydrogen (secondary N) is 1. The molecule has 0 spiro atoms. The highest BCUT2D eigenvalue weighted by Crippen LogP contribution is 2.38. The number of rotatable bonds is 7. The molecule has 162 valence electrons. The van der Waals surface area contributed by atoms with E-state index >= 15 is 0 Å². The number of halogens is 1. The van der Waals surface area contributed by atoms with E-state index in [4.69, 9.17) is 21.1 Å². The lowest BCUT2D eigenvalue weighted by Gasteiger charge is -2.26. The van der Waals surface area contributed by atoms with Crippen LogP contribution < -0.4 is 14.8 Å². The van der Waals surface area contributed by atoms with Gasteiger partial charge in [0.05, 0.1) is 36.4 Å². The fourth-order valence-corrected chi connectivity index (χ4v) is 4.48. The number of likely N-dealkylation sites (tertiary alicyclic amines) is 1. The molecule has 1 aliphatic rings. The molecule has 2 aromatic rings. The number of carbonyl (C=O) groups is 1. The third-order valence-corrected chi connectivity index (χ3v) is 6.59. The lowest BCUT2D eigenvalue weighted by atomic mass is 10.0. The Kier molecular flexibility index (Phi) is 6.90. The maximum absolute atomic E-state index is 12.7. The van der Waals surface area contributed by atoms with Crippen LogP contribution in [-0.2, 0) is 14.6 Å². The number of carbonyl (C=O) groups excluding carboxylic acids is 1. The molecule has 1 atom stereocenters. The second kappa shape index (κ2) is 9.24. The Morgan fingerprint density at radius 2 is 1.97 bits per heavy atom. The number of anilines is 1. The van der Waals surface area contributed by atoms with Crippen LogP contribution in [0.4, 0.5) is 5.69 Å². The van der Waals surface area contributed by atoms with E-state index in [1.165, 1.54) is 18.2 Å². The molecule has 1 unspecified atom stereocenters. The summed E-state index contributed by atoms with van der Waals surface area (Å²) in [5.74, 6) is 1.16. The van der Waals surface area contributed by atoms with E-state index in [9.17, 15) is 13.2 Å². The van der Waals surface area contributed by atoms with Crippen molar-refractivity contribution in [3.8, 4) is 11.5 Å². The van der Waals surface area contributed by atoms with Crippen molar-refractivity contribution in [2.45, 2.75) is 23.8 Å². The number of amides is 1. The highest BCUT2D eigenvalue weighted by molar-refractivity contribution is 7.90. The summed E-state index contributed by atoms with van der Waals surface area (Å²) < 4.78 is 34.4. The summed E-state index contributed by atoms with van der Waals surface area (Å²) in [5.41, 5.74) is 1.28. The van der Waals surface area contributed by atoms with Gasteiger partial charge in [-0.25, -0.2) is 8.42 Å². The summed E-state index contributed by atoms with van der Waals surface area (Å²) in [4.78, 5) is 14.9. The van der Waals surface area contributed by atoms with Gasteiger partial charge in [-0.15, -0.1) is 0 Å². The number of methoxy groups -OCH3 is 2. The summed E-state index contributed by atoms with van der Waals surface area (Å²) in [6.45, 7) is 0.920. The van der Waals surface area contributed by atoms with Crippen LogP contribution in [0.5, 0.6) is 11.5 Å². The molecule has 0 saturated carbocycles. The average molecular weight is 453 g/mol. The van der Waals surface area contributed by atoms with Gasteiger partial charge in [-0.3, -0.25) is 9.69 Å². The van der Waals surface area contributed by atoms with Crippen molar-refractivity contribution in [3.05, 3.63) is 47.0 Å². The topological polar surface area (TPSA) is 84.9 Å². The largest absolute Gasteiger partial charge is 0.497 e. The van der Waals surface area contributed by atoms with Crippen molar-refractivity contribution in [1.82, 2.24) is 4.90 Å². The van der Waals surface area contributed by atoms with Crippen LogP contribution in [0.25, 0.3) is 0 Å². The van der Waals surface area contributed by atoms with Gasteiger partial charge in [0, 0.05) is 23.9 Å². The standard InChI is InChI=1S/C21H25ClN2O5S/c1-28-14-6-8-16(20(11-14)29-2)19-5-4-10-24(19)13-21(25)23-18-12-15(30(3,26)27)7-9-17(18)22/h6-9,11-12,19H,4-5,10,13H2,1-3H3,(H,23,25). The molecule has 1 amide bonds. The van der Waals surface area contributed by atoms with E-state index < -0.39 is 9.84 Å². The first-order chi connectivity index (χ1) is 14.2. The van der Waals surface area contributed by atoms with E-state index in [1.54, 1.807) is 14.2 Å². The first kappa shape index (κ1) is 22.4. The van der Waals surface area contributed by atoms with Gasteiger partial charge in [-0.2, -0.15) is 0 Å². The van der Waals surface area contributed by atoms with Gasteiger partial charge in [0.1, 0.15) is 11.5 Å². The van der Waals surface area contributed by atoms with Crippen molar-refractivity contribution >= 4 is 33.0 Å². The van der Waals surface area contributed by atoms with Crippen molar-refractivity contribution < 1.29 is 22.7 Å². The van der Waals surface area contributed by atoms with Crippen LogP contribution in [0.2, 0.25) is 5.02 Å². The number of hydrogen-bond acceptors (Lipinski definition) is 6. The average Bonchev–Trinajstić information content (AvgIpc) is 3.15. The zero-order valence-electron chi connectivity index (χ0n) is 17.1. The molecule has 1 N–H and O–H groups in total. The molecule has 0 bridgehead atoms. The highest BCUT2D eigenvalue weighted by atomic mass is 35.5. The Morgan fingerprint density at radius 1 is 1.20 bits per heavy atom. The molecule has 0 radical (unpaired) electrons. The molecule has 1 aliphatic heterocycles. The summed E-state index contributed by atoms with van der Waals surface area (Å²) in [5, 5.41) is 3.02. The Morgan fingerprint density at radius 3 is 2.63 bits per heavy atom. The summed E-state index contributed by atoms with van der Waals surface area (Å²) in [6.07, 6.45) is 2.97. The minimum atomic E-state index is -3.40. The van der Waals surface area contributed by atoms with E-state index in [-0.39, 0.29) is 34.1 Å². The first-order valence-electron chi connectivity index (χ1n) is 9.48. The van der Waals surface area contributed by atoms with Gasteiger partial charge >= 0.3 is 0 Å². The van der Waals surface area contributed by atoms with E-state index in [0.717, 1.165) is 37.0 Å². The number of sulfone groups is 1. The molecule has 1 fully saturated rings. The summed E-state index contributed by atoms with van der Waals surface area (Å²) >= 11 is 6.15. The molecule has 1 heterocycles. The Labute approximate surface area is 181 Å². The molecule has 0 aromatic heterocycles. The normalized spacial score (nSPS) is 17.0. The minimum Gasteiger partial charge on any atom is -0.497 e. The summed E-state index contributed by atoms with van der Waals surface area (Å²) in [6, 6.07) is 9.98. The van der Waals surface area contributed by atoms with Gasteiger partial charge in [0.15, 0.2) is 9.84 Å². The van der Waals surface area contributed by atoms with Gasteiger partial charge in [-0.05, 0) is 43.7 Å². The summed E-state index contributed by atoms with van der Waals surface area (Å²) in [7, 11) is -0.189. The Balaban J connectivity index is 1.76. The smallest absolute Gasteiger partial charge is 0.238 e. The SMILES string of the molecule is COc1ccc(C2CCCN2CC(=O)Nc2cc(S(C)(=O)=O)ccc2Cl)c(OC)c1. The maximum Gasteiger partial charge on any atom is 0.238 e. The van der Waals surface area contributed by atoms with E-state index in [1.807, 2.05) is 18.2 Å². The molecular formula is C21H25ClN2O5S. The lowest BCUT2D eigenvalue weighted by Crippen LogP contribution is -2.33. The molecule has 1 saturated heterocycles. The number of ether oxygens (including phenoxy) is 2. The third-order valence-electron chi connectivity index (χ3n) is 5.15. The zero-order chi connectivity index (χ0) is 21.9. The lowest BCUT2D eigenvalue weighted by molar-refractivity contribution is -0.117. The van der Waals surface area contributed by atoms with Crippen LogP contribution >= 0.6 is 11.6 Å².